The molecule has 0 aromatic rings. The maximum atomic E-state index is 9.53. The SMILES string of the molecule is CC(C)P.CC(C)[O-].CC(C)[O-].CCC1(CC)CCCC(PC(C)C)C1.[Ti+2]. The Morgan fingerprint density at radius 2 is 1.26 bits per heavy atom. The summed E-state index contributed by atoms with van der Waals surface area (Å²) in [5.41, 5.74) is 3.46. The third-order valence-corrected chi connectivity index (χ3v) is 5.64. The first-order valence-corrected chi connectivity index (χ1v) is 12.5. The van der Waals surface area contributed by atoms with Crippen LogP contribution in [0.25, 0.3) is 0 Å². The Labute approximate surface area is 191 Å². The maximum Gasteiger partial charge on any atom is 2.00 e. The third kappa shape index (κ3) is 32.4. The molecular formula is C22H50O2P2Ti. The van der Waals surface area contributed by atoms with Gasteiger partial charge in [0.2, 0.25) is 0 Å². The normalized spacial score (nSPS) is 18.3. The summed E-state index contributed by atoms with van der Waals surface area (Å²) in [6, 6.07) is 0. The van der Waals surface area contributed by atoms with E-state index in [1.807, 2.05) is 0 Å². The molecule has 3 atom stereocenters. The number of rotatable bonds is 4. The van der Waals surface area contributed by atoms with Crippen molar-refractivity contribution in [3.05, 3.63) is 0 Å². The molecule has 0 N–H and O–H groups in total. The fourth-order valence-corrected chi connectivity index (χ4v) is 4.82. The smallest absolute Gasteiger partial charge is 0.852 e. The van der Waals surface area contributed by atoms with Crippen molar-refractivity contribution in [2.24, 2.45) is 5.41 Å². The van der Waals surface area contributed by atoms with Gasteiger partial charge in [-0.1, -0.05) is 88.5 Å². The second kappa shape index (κ2) is 22.2. The molecule has 0 aromatic heterocycles. The Balaban J connectivity index is -0.000000169. The molecule has 164 valence electrons. The summed E-state index contributed by atoms with van der Waals surface area (Å²) in [5.74, 6) is 0. The van der Waals surface area contributed by atoms with Crippen LogP contribution in [0, 0.1) is 5.41 Å². The van der Waals surface area contributed by atoms with E-state index in [9.17, 15) is 10.2 Å². The Hall–Kier alpha value is 1.49. The summed E-state index contributed by atoms with van der Waals surface area (Å²) in [6.45, 7) is 20.3. The van der Waals surface area contributed by atoms with Crippen LogP contribution in [-0.2, 0) is 21.7 Å². The predicted octanol–water partition coefficient (Wildman–Crippen LogP) is 5.60. The predicted molar refractivity (Wildman–Crippen MR) is 124 cm³/mol. The van der Waals surface area contributed by atoms with E-state index < -0.39 is 12.2 Å². The molecule has 1 aliphatic carbocycles. The van der Waals surface area contributed by atoms with Gasteiger partial charge < -0.3 is 10.2 Å². The van der Waals surface area contributed by atoms with Crippen molar-refractivity contribution in [3.8, 4) is 0 Å². The zero-order valence-corrected chi connectivity index (χ0v) is 23.7. The molecule has 1 fully saturated rings. The molecule has 0 amide bonds. The van der Waals surface area contributed by atoms with Crippen molar-refractivity contribution >= 4 is 17.8 Å². The van der Waals surface area contributed by atoms with E-state index in [2.05, 4.69) is 50.8 Å². The van der Waals surface area contributed by atoms with Crippen LogP contribution in [0.4, 0.5) is 0 Å². The van der Waals surface area contributed by atoms with Gasteiger partial charge in [0.05, 0.1) is 0 Å². The first kappa shape index (κ1) is 35.9. The molecule has 1 rings (SSSR count). The summed E-state index contributed by atoms with van der Waals surface area (Å²) in [5, 5.41) is 19.1. The van der Waals surface area contributed by atoms with Gasteiger partial charge in [0, 0.05) is 0 Å². The van der Waals surface area contributed by atoms with Gasteiger partial charge in [0.1, 0.15) is 0 Å². The van der Waals surface area contributed by atoms with E-state index in [1.165, 1.54) is 47.1 Å². The summed E-state index contributed by atoms with van der Waals surface area (Å²) < 4.78 is 0. The minimum Gasteiger partial charge on any atom is -0.852 e. The first-order valence-electron chi connectivity index (χ1n) is 10.6. The summed E-state index contributed by atoms with van der Waals surface area (Å²) in [4.78, 5) is 0. The van der Waals surface area contributed by atoms with Crippen LogP contribution in [0.3, 0.4) is 0 Å². The molecule has 0 spiro atoms. The first-order chi connectivity index (χ1) is 11.8. The number of hydrogen-bond donors (Lipinski definition) is 0. The van der Waals surface area contributed by atoms with Crippen LogP contribution in [0.15, 0.2) is 0 Å². The molecule has 1 saturated carbocycles. The fourth-order valence-electron chi connectivity index (χ4n) is 2.96. The van der Waals surface area contributed by atoms with Gasteiger partial charge in [-0.2, -0.15) is 0 Å². The molecular weight excluding hydrogens is 406 g/mol. The second-order valence-electron chi connectivity index (χ2n) is 8.66. The Kier molecular flexibility index (Phi) is 29.5. The molecule has 27 heavy (non-hydrogen) atoms. The van der Waals surface area contributed by atoms with E-state index in [4.69, 9.17) is 0 Å². The van der Waals surface area contributed by atoms with Gasteiger partial charge in [-0.3, -0.25) is 0 Å². The summed E-state index contributed by atoms with van der Waals surface area (Å²) >= 11 is 0. The third-order valence-electron chi connectivity index (χ3n) is 4.01. The fraction of sp³-hybridized carbons (Fsp3) is 1.00. The van der Waals surface area contributed by atoms with Crippen LogP contribution in [0.1, 0.15) is 108 Å². The molecule has 1 aliphatic rings. The maximum absolute atomic E-state index is 9.53. The molecule has 2 nitrogen and oxygen atoms in total. The minimum atomic E-state index is -0.417. The van der Waals surface area contributed by atoms with Crippen molar-refractivity contribution < 1.29 is 31.9 Å². The Morgan fingerprint density at radius 3 is 1.52 bits per heavy atom. The van der Waals surface area contributed by atoms with Gasteiger partial charge in [-0.15, -0.1) is 30.0 Å². The topological polar surface area (TPSA) is 46.1 Å². The summed E-state index contributed by atoms with van der Waals surface area (Å²) in [6.07, 6.45) is 8.01. The standard InChI is InChI=1S/C13H27P.2C3H7O.C3H9P.Ti/c1-5-13(6-2)9-7-8-12(10-13)14-11(3)4;3*1-3(2)4;/h11-12,14H,5-10H2,1-4H3;2*3H,1-2H3;3H,4H2,1-2H3;/q;2*-1;;+2. The van der Waals surface area contributed by atoms with Crippen LogP contribution in [-0.4, -0.2) is 29.2 Å². The van der Waals surface area contributed by atoms with Crippen molar-refractivity contribution in [3.63, 3.8) is 0 Å². The van der Waals surface area contributed by atoms with Crippen LogP contribution in [0.2, 0.25) is 0 Å². The van der Waals surface area contributed by atoms with E-state index >= 15 is 0 Å². The van der Waals surface area contributed by atoms with E-state index in [0.717, 1.165) is 22.4 Å². The molecule has 0 saturated heterocycles. The van der Waals surface area contributed by atoms with Crippen LogP contribution >= 0.6 is 17.8 Å². The molecule has 5 heteroatoms. The monoisotopic (exact) mass is 456 g/mol. The number of hydrogen-bond acceptors (Lipinski definition) is 2. The molecule has 0 radical (unpaired) electrons. The Bertz CT molecular complexity index is 259. The zero-order chi connectivity index (χ0) is 21.3. The minimum absolute atomic E-state index is 0. The van der Waals surface area contributed by atoms with Gasteiger partial charge in [-0.05, 0) is 41.7 Å². The van der Waals surface area contributed by atoms with Crippen LogP contribution in [0.5, 0.6) is 0 Å². The van der Waals surface area contributed by atoms with Gasteiger partial charge in [0.15, 0.2) is 0 Å². The van der Waals surface area contributed by atoms with Gasteiger partial charge >= 0.3 is 21.7 Å². The van der Waals surface area contributed by atoms with E-state index in [0.29, 0.717) is 0 Å². The molecule has 0 aliphatic heterocycles. The van der Waals surface area contributed by atoms with Gasteiger partial charge in [0.25, 0.3) is 0 Å². The van der Waals surface area contributed by atoms with Crippen LogP contribution < -0.4 is 10.2 Å². The zero-order valence-electron chi connectivity index (χ0n) is 20.0. The van der Waals surface area contributed by atoms with E-state index in [-0.39, 0.29) is 21.7 Å². The Morgan fingerprint density at radius 1 is 0.926 bits per heavy atom. The molecule has 0 aromatic carbocycles. The molecule has 3 unspecified atom stereocenters. The van der Waals surface area contributed by atoms with Crippen molar-refractivity contribution in [2.45, 2.75) is 137 Å². The average molecular weight is 456 g/mol. The van der Waals surface area contributed by atoms with Crippen molar-refractivity contribution in [1.82, 2.24) is 0 Å². The van der Waals surface area contributed by atoms with E-state index in [1.54, 1.807) is 27.7 Å². The quantitative estimate of drug-likeness (QED) is 0.408. The second-order valence-corrected chi connectivity index (χ2v) is 12.3. The summed E-state index contributed by atoms with van der Waals surface area (Å²) in [7, 11) is 3.87. The van der Waals surface area contributed by atoms with Gasteiger partial charge in [-0.25, -0.2) is 0 Å². The van der Waals surface area contributed by atoms with Crippen molar-refractivity contribution in [2.75, 3.05) is 0 Å². The molecule has 0 heterocycles. The molecule has 0 bridgehead atoms. The van der Waals surface area contributed by atoms with Crippen molar-refractivity contribution in [1.29, 1.82) is 0 Å². The average Bonchev–Trinajstić information content (AvgIpc) is 2.45. The largest absolute Gasteiger partial charge is 2.00 e.